The van der Waals surface area contributed by atoms with Crippen LogP contribution in [0.5, 0.6) is 5.75 Å². The summed E-state index contributed by atoms with van der Waals surface area (Å²) < 4.78 is 0. The van der Waals surface area contributed by atoms with Crippen molar-refractivity contribution in [2.45, 2.75) is 12.5 Å². The zero-order valence-electron chi connectivity index (χ0n) is 16.0. The van der Waals surface area contributed by atoms with E-state index in [2.05, 4.69) is 10.5 Å². The van der Waals surface area contributed by atoms with Crippen LogP contribution in [0.15, 0.2) is 77.9 Å². The standard InChI is InChI=1S/C22H19N3O5/c1-15-12-19(25(29)30)13-16(20(15)26)14-23-24-21(27)22(28,17-8-4-2-5-9-17)18-10-6-3-7-11-18/h2-14,26,28H,1H3,(H,24,27)/p-1/b23-14-. The van der Waals surface area contributed by atoms with E-state index >= 15 is 0 Å². The van der Waals surface area contributed by atoms with Gasteiger partial charge in [-0.15, -0.1) is 0 Å². The number of hydrogen-bond donors (Lipinski definition) is 2. The molecule has 0 saturated carbocycles. The van der Waals surface area contributed by atoms with Gasteiger partial charge in [0.15, 0.2) is 5.60 Å². The monoisotopic (exact) mass is 404 g/mol. The van der Waals surface area contributed by atoms with Crippen LogP contribution in [0, 0.1) is 17.0 Å². The maximum Gasteiger partial charge on any atom is 0.281 e. The highest BCUT2D eigenvalue weighted by atomic mass is 16.6. The highest BCUT2D eigenvalue weighted by Crippen LogP contribution is 2.30. The Labute approximate surface area is 172 Å². The van der Waals surface area contributed by atoms with Gasteiger partial charge in [-0.3, -0.25) is 14.9 Å². The minimum absolute atomic E-state index is 0.0510. The third-order valence-electron chi connectivity index (χ3n) is 4.58. The minimum atomic E-state index is -2.03. The molecule has 3 rings (SSSR count). The van der Waals surface area contributed by atoms with Crippen molar-refractivity contribution in [1.29, 1.82) is 0 Å². The predicted molar refractivity (Wildman–Crippen MR) is 109 cm³/mol. The number of nitrogens with zero attached hydrogens (tertiary/aromatic N) is 2. The average Bonchev–Trinajstić information content (AvgIpc) is 2.76. The van der Waals surface area contributed by atoms with E-state index in [1.165, 1.54) is 13.0 Å². The number of hydrogen-bond acceptors (Lipinski definition) is 6. The van der Waals surface area contributed by atoms with Crippen LogP contribution < -0.4 is 10.5 Å². The number of carbonyl (C=O) groups excluding carboxylic acids is 1. The van der Waals surface area contributed by atoms with Gasteiger partial charge >= 0.3 is 0 Å². The number of rotatable bonds is 6. The van der Waals surface area contributed by atoms with E-state index < -0.39 is 22.2 Å². The molecular formula is C22H18N3O5-. The summed E-state index contributed by atoms with van der Waals surface area (Å²) in [4.78, 5) is 23.3. The first-order valence-corrected chi connectivity index (χ1v) is 8.97. The summed E-state index contributed by atoms with van der Waals surface area (Å²) in [5.74, 6) is -1.29. The molecule has 0 spiro atoms. The van der Waals surface area contributed by atoms with Crippen LogP contribution in [-0.2, 0) is 10.4 Å². The van der Waals surface area contributed by atoms with Crippen LogP contribution in [0.2, 0.25) is 0 Å². The molecule has 3 aromatic rings. The van der Waals surface area contributed by atoms with Crippen molar-refractivity contribution < 1.29 is 19.9 Å². The molecule has 0 fully saturated rings. The lowest BCUT2D eigenvalue weighted by Gasteiger charge is -2.27. The van der Waals surface area contributed by atoms with Gasteiger partial charge in [0.25, 0.3) is 11.6 Å². The van der Waals surface area contributed by atoms with Crippen molar-refractivity contribution in [2.75, 3.05) is 0 Å². The number of carbonyl (C=O) groups is 1. The molecule has 152 valence electrons. The molecule has 0 atom stereocenters. The fourth-order valence-corrected chi connectivity index (χ4v) is 3.01. The van der Waals surface area contributed by atoms with Gasteiger partial charge in [0.1, 0.15) is 0 Å². The molecule has 1 amide bonds. The van der Waals surface area contributed by atoms with Gasteiger partial charge in [0, 0.05) is 12.1 Å². The number of hydrazone groups is 1. The Kier molecular flexibility index (Phi) is 5.89. The van der Waals surface area contributed by atoms with Gasteiger partial charge in [0.05, 0.1) is 11.1 Å². The summed E-state index contributed by atoms with van der Waals surface area (Å²) in [5.41, 5.74) is 0.745. The van der Waals surface area contributed by atoms with E-state index in [9.17, 15) is 25.1 Å². The number of aliphatic hydroxyl groups is 1. The third kappa shape index (κ3) is 4.03. The zero-order valence-corrected chi connectivity index (χ0v) is 16.0. The number of nitrogens with one attached hydrogen (secondary N) is 1. The smallest absolute Gasteiger partial charge is 0.281 e. The van der Waals surface area contributed by atoms with Crippen LogP contribution in [0.1, 0.15) is 22.3 Å². The Morgan fingerprint density at radius 1 is 1.07 bits per heavy atom. The molecule has 0 unspecified atom stereocenters. The van der Waals surface area contributed by atoms with Gasteiger partial charge in [-0.25, -0.2) is 5.43 Å². The lowest BCUT2D eigenvalue weighted by molar-refractivity contribution is -0.385. The quantitative estimate of drug-likeness (QED) is 0.370. The fraction of sp³-hybridized carbons (Fsp3) is 0.0909. The van der Waals surface area contributed by atoms with Gasteiger partial charge in [-0.2, -0.15) is 5.10 Å². The van der Waals surface area contributed by atoms with Gasteiger partial charge in [-0.1, -0.05) is 72.0 Å². The number of non-ortho nitro benzene ring substituents is 1. The second kappa shape index (κ2) is 8.54. The molecule has 30 heavy (non-hydrogen) atoms. The van der Waals surface area contributed by atoms with E-state index in [4.69, 9.17) is 0 Å². The van der Waals surface area contributed by atoms with Gasteiger partial charge < -0.3 is 10.2 Å². The second-order valence-corrected chi connectivity index (χ2v) is 6.58. The number of benzene rings is 3. The van der Waals surface area contributed by atoms with E-state index in [-0.39, 0.29) is 16.8 Å². The predicted octanol–water partition coefficient (Wildman–Crippen LogP) is 2.36. The fourth-order valence-electron chi connectivity index (χ4n) is 3.01. The molecule has 0 saturated heterocycles. The molecule has 0 aromatic heterocycles. The molecule has 8 nitrogen and oxygen atoms in total. The average molecular weight is 404 g/mol. The van der Waals surface area contributed by atoms with Crippen molar-refractivity contribution in [3.8, 4) is 5.75 Å². The van der Waals surface area contributed by atoms with Crippen LogP contribution in [0.4, 0.5) is 5.69 Å². The Balaban J connectivity index is 1.92. The number of amides is 1. The van der Waals surface area contributed by atoms with E-state index in [1.54, 1.807) is 60.7 Å². The van der Waals surface area contributed by atoms with Gasteiger partial charge in [0.2, 0.25) is 0 Å². The third-order valence-corrected chi connectivity index (χ3v) is 4.58. The van der Waals surface area contributed by atoms with Crippen molar-refractivity contribution in [1.82, 2.24) is 5.43 Å². The number of nitro benzene ring substituents is 1. The molecule has 2 N–H and O–H groups in total. The minimum Gasteiger partial charge on any atom is -0.872 e. The normalized spacial score (nSPS) is 11.4. The maximum atomic E-state index is 12.9. The Morgan fingerprint density at radius 3 is 2.10 bits per heavy atom. The molecule has 8 heteroatoms. The van der Waals surface area contributed by atoms with Crippen LogP contribution >= 0.6 is 0 Å². The molecule has 0 heterocycles. The first-order valence-electron chi connectivity index (χ1n) is 8.97. The SMILES string of the molecule is Cc1cc([N+](=O)[O-])cc(/C=N\NC(=O)C(O)(c2ccccc2)c2ccccc2)c1[O-]. The molecule has 0 radical (unpaired) electrons. The first kappa shape index (κ1) is 20.7. The number of aryl methyl sites for hydroxylation is 1. The van der Waals surface area contributed by atoms with Crippen LogP contribution in [0.25, 0.3) is 0 Å². The highest BCUT2D eigenvalue weighted by molar-refractivity contribution is 5.91. The lowest BCUT2D eigenvalue weighted by Crippen LogP contribution is -2.43. The summed E-state index contributed by atoms with van der Waals surface area (Å²) in [7, 11) is 0. The van der Waals surface area contributed by atoms with E-state index in [0.29, 0.717) is 11.1 Å². The molecule has 0 aliphatic heterocycles. The summed E-state index contributed by atoms with van der Waals surface area (Å²) in [6, 6.07) is 18.9. The molecule has 0 aliphatic carbocycles. The van der Waals surface area contributed by atoms with E-state index in [1.807, 2.05) is 0 Å². The Hall–Kier alpha value is -4.04. The number of nitro groups is 1. The largest absolute Gasteiger partial charge is 0.872 e. The van der Waals surface area contributed by atoms with Crippen LogP contribution in [-0.4, -0.2) is 22.2 Å². The van der Waals surface area contributed by atoms with Gasteiger partial charge in [-0.05, 0) is 23.6 Å². The summed E-state index contributed by atoms with van der Waals surface area (Å²) in [6.07, 6.45) is 1.02. The first-order chi connectivity index (χ1) is 14.3. The van der Waals surface area contributed by atoms with Crippen molar-refractivity contribution in [3.05, 3.63) is 105 Å². The Bertz CT molecular complexity index is 1060. The molecular weight excluding hydrogens is 386 g/mol. The van der Waals surface area contributed by atoms with Crippen molar-refractivity contribution >= 4 is 17.8 Å². The summed E-state index contributed by atoms with van der Waals surface area (Å²) >= 11 is 0. The van der Waals surface area contributed by atoms with Crippen molar-refractivity contribution in [3.63, 3.8) is 0 Å². The molecule has 0 bridgehead atoms. The van der Waals surface area contributed by atoms with Crippen LogP contribution in [0.3, 0.4) is 0 Å². The maximum absolute atomic E-state index is 12.9. The molecule has 0 aliphatic rings. The topological polar surface area (TPSA) is 128 Å². The molecule has 3 aromatic carbocycles. The van der Waals surface area contributed by atoms with E-state index in [0.717, 1.165) is 12.3 Å². The highest BCUT2D eigenvalue weighted by Gasteiger charge is 2.39. The Morgan fingerprint density at radius 2 is 1.60 bits per heavy atom. The summed E-state index contributed by atoms with van der Waals surface area (Å²) in [6.45, 7) is 1.45. The van der Waals surface area contributed by atoms with Crippen molar-refractivity contribution in [2.24, 2.45) is 5.10 Å². The zero-order chi connectivity index (χ0) is 21.7. The lowest BCUT2D eigenvalue weighted by atomic mass is 9.85. The second-order valence-electron chi connectivity index (χ2n) is 6.58. The summed E-state index contributed by atoms with van der Waals surface area (Å²) in [5, 5.41) is 38.2.